The zero-order valence-corrected chi connectivity index (χ0v) is 6.54. The van der Waals surface area contributed by atoms with E-state index >= 15 is 0 Å². The second-order valence-corrected chi connectivity index (χ2v) is 3.05. The molecular weight excluding hydrogens is 144 g/mol. The Labute approximate surface area is 65.5 Å². The number of rotatable bonds is 1. The third-order valence-corrected chi connectivity index (χ3v) is 2.35. The summed E-state index contributed by atoms with van der Waals surface area (Å²) in [6.45, 7) is 4.97. The van der Waals surface area contributed by atoms with Crippen molar-refractivity contribution >= 4 is 6.09 Å². The van der Waals surface area contributed by atoms with E-state index in [2.05, 4.69) is 17.1 Å². The zero-order valence-electron chi connectivity index (χ0n) is 6.54. The Bertz CT molecular complexity index is 167. The quantitative estimate of drug-likeness (QED) is 0.571. The highest BCUT2D eigenvalue weighted by atomic mass is 16.6. The third kappa shape index (κ3) is 1.07. The molecule has 2 aliphatic rings. The van der Waals surface area contributed by atoms with Crippen molar-refractivity contribution in [1.29, 1.82) is 0 Å². The van der Waals surface area contributed by atoms with Gasteiger partial charge in [0.2, 0.25) is 0 Å². The lowest BCUT2D eigenvalue weighted by atomic mass is 10.2. The van der Waals surface area contributed by atoms with Gasteiger partial charge in [-0.25, -0.2) is 4.79 Å². The normalized spacial score (nSPS) is 36.6. The minimum atomic E-state index is -0.254. The molecule has 2 heterocycles. The molecule has 0 bridgehead atoms. The van der Waals surface area contributed by atoms with Gasteiger partial charge in [-0.05, 0) is 6.54 Å². The number of fused-ring (bicyclic) bond motifs is 1. The van der Waals surface area contributed by atoms with Crippen LogP contribution in [0.1, 0.15) is 6.92 Å². The molecule has 2 aliphatic heterocycles. The highest BCUT2D eigenvalue weighted by Gasteiger charge is 2.40. The molecule has 62 valence electrons. The standard InChI is InChI=1S/C7H12N2O2/c1-2-9-3-5-6(4-9)11-7(10)8-5/h5-6H,2-4H2,1H3,(H,8,10). The van der Waals surface area contributed by atoms with Crippen molar-refractivity contribution < 1.29 is 9.53 Å². The molecule has 0 saturated carbocycles. The van der Waals surface area contributed by atoms with Gasteiger partial charge in [0.15, 0.2) is 0 Å². The van der Waals surface area contributed by atoms with Gasteiger partial charge in [-0.1, -0.05) is 6.92 Å². The van der Waals surface area contributed by atoms with Crippen molar-refractivity contribution in [1.82, 2.24) is 10.2 Å². The van der Waals surface area contributed by atoms with E-state index in [0.29, 0.717) is 0 Å². The molecule has 0 aliphatic carbocycles. The van der Waals surface area contributed by atoms with Crippen LogP contribution < -0.4 is 5.32 Å². The van der Waals surface area contributed by atoms with Crippen LogP contribution in [0.4, 0.5) is 4.79 Å². The Kier molecular flexibility index (Phi) is 1.49. The van der Waals surface area contributed by atoms with E-state index < -0.39 is 0 Å². The van der Waals surface area contributed by atoms with Crippen LogP contribution in [-0.4, -0.2) is 42.8 Å². The molecule has 4 heteroatoms. The lowest BCUT2D eigenvalue weighted by Gasteiger charge is -2.12. The molecule has 0 aromatic carbocycles. The molecule has 2 unspecified atom stereocenters. The lowest BCUT2D eigenvalue weighted by molar-refractivity contribution is 0.132. The Morgan fingerprint density at radius 3 is 3.18 bits per heavy atom. The highest BCUT2D eigenvalue weighted by Crippen LogP contribution is 2.17. The van der Waals surface area contributed by atoms with Gasteiger partial charge in [0.05, 0.1) is 6.04 Å². The van der Waals surface area contributed by atoms with Gasteiger partial charge in [-0.15, -0.1) is 0 Å². The van der Waals surface area contributed by atoms with Gasteiger partial charge in [0, 0.05) is 13.1 Å². The van der Waals surface area contributed by atoms with Crippen molar-refractivity contribution in [2.45, 2.75) is 19.1 Å². The number of likely N-dealkylation sites (N-methyl/N-ethyl adjacent to an activating group) is 1. The van der Waals surface area contributed by atoms with Crippen LogP contribution in [0.15, 0.2) is 0 Å². The van der Waals surface area contributed by atoms with E-state index in [4.69, 9.17) is 4.74 Å². The van der Waals surface area contributed by atoms with E-state index in [9.17, 15) is 4.79 Å². The highest BCUT2D eigenvalue weighted by molar-refractivity contribution is 5.70. The number of nitrogens with one attached hydrogen (secondary N) is 1. The Morgan fingerprint density at radius 2 is 2.55 bits per heavy atom. The summed E-state index contributed by atoms with van der Waals surface area (Å²) in [4.78, 5) is 13.0. The second-order valence-electron chi connectivity index (χ2n) is 3.05. The maximum atomic E-state index is 10.7. The lowest BCUT2D eigenvalue weighted by Crippen LogP contribution is -2.32. The molecular formula is C7H12N2O2. The van der Waals surface area contributed by atoms with E-state index in [1.165, 1.54) is 0 Å². The van der Waals surface area contributed by atoms with Crippen molar-refractivity contribution in [2.24, 2.45) is 0 Å². The van der Waals surface area contributed by atoms with Crippen LogP contribution in [-0.2, 0) is 4.74 Å². The van der Waals surface area contributed by atoms with Gasteiger partial charge < -0.3 is 10.1 Å². The number of carbonyl (C=O) groups excluding carboxylic acids is 1. The number of hydrogen-bond donors (Lipinski definition) is 1. The number of likely N-dealkylation sites (tertiary alicyclic amines) is 1. The van der Waals surface area contributed by atoms with Gasteiger partial charge in [0.1, 0.15) is 6.10 Å². The number of ether oxygens (including phenoxy) is 1. The fourth-order valence-electron chi connectivity index (χ4n) is 1.69. The van der Waals surface area contributed by atoms with E-state index in [1.807, 2.05) is 0 Å². The SMILES string of the molecule is CCN1CC2NC(=O)OC2C1. The summed E-state index contributed by atoms with van der Waals surface area (Å²) in [5.74, 6) is 0. The molecule has 1 N–H and O–H groups in total. The number of hydrogen-bond acceptors (Lipinski definition) is 3. The number of alkyl carbamates (subject to hydrolysis) is 1. The first-order valence-electron chi connectivity index (χ1n) is 3.99. The summed E-state index contributed by atoms with van der Waals surface area (Å²) in [7, 11) is 0. The molecule has 0 aromatic rings. The first kappa shape index (κ1) is 6.91. The minimum Gasteiger partial charge on any atom is -0.443 e. The molecule has 2 rings (SSSR count). The minimum absolute atomic E-state index is 0.0995. The number of amides is 1. The van der Waals surface area contributed by atoms with E-state index in [1.54, 1.807) is 0 Å². The topological polar surface area (TPSA) is 41.6 Å². The van der Waals surface area contributed by atoms with Crippen LogP contribution in [0.2, 0.25) is 0 Å². The maximum Gasteiger partial charge on any atom is 0.407 e. The Hall–Kier alpha value is -0.770. The van der Waals surface area contributed by atoms with Gasteiger partial charge in [-0.2, -0.15) is 0 Å². The van der Waals surface area contributed by atoms with E-state index in [0.717, 1.165) is 19.6 Å². The van der Waals surface area contributed by atoms with Crippen LogP contribution in [0, 0.1) is 0 Å². The molecule has 0 radical (unpaired) electrons. The van der Waals surface area contributed by atoms with E-state index in [-0.39, 0.29) is 18.2 Å². The summed E-state index contributed by atoms with van der Waals surface area (Å²) in [5, 5.41) is 2.78. The molecule has 0 aromatic heterocycles. The fraction of sp³-hybridized carbons (Fsp3) is 0.857. The Balaban J connectivity index is 1.98. The smallest absolute Gasteiger partial charge is 0.407 e. The van der Waals surface area contributed by atoms with Crippen LogP contribution >= 0.6 is 0 Å². The first-order valence-corrected chi connectivity index (χ1v) is 3.99. The molecule has 2 atom stereocenters. The van der Waals surface area contributed by atoms with Crippen molar-refractivity contribution in [3.8, 4) is 0 Å². The average molecular weight is 156 g/mol. The molecule has 11 heavy (non-hydrogen) atoms. The van der Waals surface area contributed by atoms with Crippen molar-refractivity contribution in [3.05, 3.63) is 0 Å². The van der Waals surface area contributed by atoms with Crippen molar-refractivity contribution in [2.75, 3.05) is 19.6 Å². The van der Waals surface area contributed by atoms with Gasteiger partial charge in [-0.3, -0.25) is 4.90 Å². The first-order chi connectivity index (χ1) is 5.29. The van der Waals surface area contributed by atoms with Crippen LogP contribution in [0.25, 0.3) is 0 Å². The molecule has 2 saturated heterocycles. The summed E-state index contributed by atoms with van der Waals surface area (Å²) < 4.78 is 5.03. The van der Waals surface area contributed by atoms with Gasteiger partial charge >= 0.3 is 6.09 Å². The van der Waals surface area contributed by atoms with Gasteiger partial charge in [0.25, 0.3) is 0 Å². The molecule has 0 spiro atoms. The predicted molar refractivity (Wildman–Crippen MR) is 39.3 cm³/mol. The zero-order chi connectivity index (χ0) is 7.84. The number of carbonyl (C=O) groups is 1. The molecule has 4 nitrogen and oxygen atoms in total. The fourth-order valence-corrected chi connectivity index (χ4v) is 1.69. The monoisotopic (exact) mass is 156 g/mol. The summed E-state index contributed by atoms with van der Waals surface area (Å²) in [6, 6.07) is 0.238. The summed E-state index contributed by atoms with van der Waals surface area (Å²) >= 11 is 0. The second kappa shape index (κ2) is 2.37. The van der Waals surface area contributed by atoms with Crippen molar-refractivity contribution in [3.63, 3.8) is 0 Å². The summed E-state index contributed by atoms with van der Waals surface area (Å²) in [5.41, 5.74) is 0. The third-order valence-electron chi connectivity index (χ3n) is 2.35. The average Bonchev–Trinajstić information content (AvgIpc) is 2.43. The predicted octanol–water partition coefficient (Wildman–Crippen LogP) is -0.201. The van der Waals surface area contributed by atoms with Crippen LogP contribution in [0.3, 0.4) is 0 Å². The number of nitrogens with zero attached hydrogens (tertiary/aromatic N) is 1. The molecule has 2 fully saturated rings. The maximum absolute atomic E-state index is 10.7. The largest absolute Gasteiger partial charge is 0.443 e. The Morgan fingerprint density at radius 1 is 1.73 bits per heavy atom. The van der Waals surface area contributed by atoms with Crippen LogP contribution in [0.5, 0.6) is 0 Å². The molecule has 1 amide bonds. The summed E-state index contributed by atoms with van der Waals surface area (Å²) in [6.07, 6.45) is -0.154.